The molecule has 3 aromatic carbocycles. The van der Waals surface area contributed by atoms with Crippen molar-refractivity contribution in [2.75, 3.05) is 18.5 Å². The van der Waals surface area contributed by atoms with Crippen molar-refractivity contribution in [3.05, 3.63) is 89.5 Å². The summed E-state index contributed by atoms with van der Waals surface area (Å²) in [7, 11) is -0.819. The van der Waals surface area contributed by atoms with Crippen molar-refractivity contribution in [3.63, 3.8) is 0 Å². The fraction of sp³-hybridized carbons (Fsp3) is 0.208. The normalized spacial score (nSPS) is 12.1. The molecular formula is C24H26N2O4S. The first kappa shape index (κ1) is 22.4. The molecule has 6 nitrogen and oxygen atoms in total. The van der Waals surface area contributed by atoms with Gasteiger partial charge in [-0.25, -0.2) is 8.42 Å². The van der Waals surface area contributed by atoms with Crippen LogP contribution in [0, 0.1) is 6.92 Å². The lowest BCUT2D eigenvalue weighted by Crippen LogP contribution is -2.29. The van der Waals surface area contributed by atoms with Crippen LogP contribution in [0.5, 0.6) is 5.75 Å². The fourth-order valence-corrected chi connectivity index (χ4v) is 4.56. The zero-order valence-electron chi connectivity index (χ0n) is 18.0. The van der Waals surface area contributed by atoms with E-state index in [1.165, 1.54) is 23.5 Å². The molecule has 3 aromatic rings. The van der Waals surface area contributed by atoms with Gasteiger partial charge in [0.05, 0.1) is 23.7 Å². The van der Waals surface area contributed by atoms with E-state index in [2.05, 4.69) is 5.32 Å². The second-order valence-corrected chi connectivity index (χ2v) is 9.22. The van der Waals surface area contributed by atoms with Gasteiger partial charge in [0.1, 0.15) is 5.75 Å². The Morgan fingerprint density at radius 3 is 2.32 bits per heavy atom. The quantitative estimate of drug-likeness (QED) is 0.596. The summed E-state index contributed by atoms with van der Waals surface area (Å²) in [5.41, 5.74) is 2.86. The molecule has 162 valence electrons. The summed E-state index contributed by atoms with van der Waals surface area (Å²) in [6.07, 6.45) is 0. The SMILES string of the molecule is COc1ccc(N(C)S(=O)(=O)c2cccc(C(=O)NC(C)c3ccccc3C)c2)cc1. The highest BCUT2D eigenvalue weighted by atomic mass is 32.2. The number of benzene rings is 3. The number of hydrogen-bond donors (Lipinski definition) is 1. The minimum absolute atomic E-state index is 0.0435. The number of methoxy groups -OCH3 is 1. The minimum atomic E-state index is -3.84. The monoisotopic (exact) mass is 438 g/mol. The van der Waals surface area contributed by atoms with Crippen molar-refractivity contribution in [3.8, 4) is 5.75 Å². The zero-order valence-corrected chi connectivity index (χ0v) is 18.8. The number of sulfonamides is 1. The number of hydrogen-bond acceptors (Lipinski definition) is 4. The van der Waals surface area contributed by atoms with Gasteiger partial charge in [-0.3, -0.25) is 9.10 Å². The first-order chi connectivity index (χ1) is 14.7. The molecule has 0 aliphatic carbocycles. The second-order valence-electron chi connectivity index (χ2n) is 7.25. The van der Waals surface area contributed by atoms with E-state index in [1.54, 1.807) is 43.5 Å². The average Bonchev–Trinajstić information content (AvgIpc) is 2.78. The van der Waals surface area contributed by atoms with Crippen molar-refractivity contribution in [2.45, 2.75) is 24.8 Å². The molecule has 0 spiro atoms. The zero-order chi connectivity index (χ0) is 22.6. The largest absolute Gasteiger partial charge is 0.497 e. The summed E-state index contributed by atoms with van der Waals surface area (Å²) >= 11 is 0. The van der Waals surface area contributed by atoms with Gasteiger partial charge in [-0.15, -0.1) is 0 Å². The van der Waals surface area contributed by atoms with Crippen LogP contribution in [0.15, 0.2) is 77.7 Å². The summed E-state index contributed by atoms with van der Waals surface area (Å²) in [6, 6.07) is 20.4. The maximum Gasteiger partial charge on any atom is 0.264 e. The van der Waals surface area contributed by atoms with Crippen LogP contribution >= 0.6 is 0 Å². The van der Waals surface area contributed by atoms with Gasteiger partial charge < -0.3 is 10.1 Å². The van der Waals surface area contributed by atoms with Gasteiger partial charge in [0.15, 0.2) is 0 Å². The van der Waals surface area contributed by atoms with Gasteiger partial charge in [-0.2, -0.15) is 0 Å². The molecule has 0 saturated carbocycles. The highest BCUT2D eigenvalue weighted by molar-refractivity contribution is 7.92. The van der Waals surface area contributed by atoms with E-state index in [0.717, 1.165) is 11.1 Å². The van der Waals surface area contributed by atoms with Crippen LogP contribution in [0.3, 0.4) is 0 Å². The lowest BCUT2D eigenvalue weighted by Gasteiger charge is -2.20. The first-order valence-electron chi connectivity index (χ1n) is 9.83. The molecule has 1 unspecified atom stereocenters. The lowest BCUT2D eigenvalue weighted by molar-refractivity contribution is 0.0939. The smallest absolute Gasteiger partial charge is 0.264 e. The van der Waals surface area contributed by atoms with Crippen LogP contribution in [0.1, 0.15) is 34.5 Å². The second kappa shape index (κ2) is 9.22. The predicted molar refractivity (Wildman–Crippen MR) is 122 cm³/mol. The number of amides is 1. The number of rotatable bonds is 7. The maximum absolute atomic E-state index is 13.1. The third kappa shape index (κ3) is 4.88. The molecule has 0 bridgehead atoms. The molecule has 0 saturated heterocycles. The summed E-state index contributed by atoms with van der Waals surface area (Å²) in [5.74, 6) is 0.302. The molecular weight excluding hydrogens is 412 g/mol. The van der Waals surface area contributed by atoms with Crippen molar-refractivity contribution >= 4 is 21.6 Å². The molecule has 0 radical (unpaired) electrons. The Hall–Kier alpha value is -3.32. The van der Waals surface area contributed by atoms with E-state index in [0.29, 0.717) is 11.4 Å². The van der Waals surface area contributed by atoms with Gasteiger partial charge >= 0.3 is 0 Å². The molecule has 1 amide bonds. The van der Waals surface area contributed by atoms with Crippen LogP contribution in [-0.4, -0.2) is 28.5 Å². The summed E-state index contributed by atoms with van der Waals surface area (Å²) in [4.78, 5) is 12.8. The molecule has 0 aromatic heterocycles. The Labute approximate surface area is 183 Å². The summed E-state index contributed by atoms with van der Waals surface area (Å²) in [5, 5.41) is 2.94. The summed E-state index contributed by atoms with van der Waals surface area (Å²) in [6.45, 7) is 3.89. The van der Waals surface area contributed by atoms with Gasteiger partial charge in [0.2, 0.25) is 0 Å². The third-order valence-electron chi connectivity index (χ3n) is 5.19. The topological polar surface area (TPSA) is 75.7 Å². The van der Waals surface area contributed by atoms with Crippen molar-refractivity contribution in [2.24, 2.45) is 0 Å². The van der Waals surface area contributed by atoms with E-state index in [1.807, 2.05) is 38.1 Å². The third-order valence-corrected chi connectivity index (χ3v) is 6.97. The van der Waals surface area contributed by atoms with Crippen LogP contribution in [0.4, 0.5) is 5.69 Å². The number of aryl methyl sites for hydroxylation is 1. The highest BCUT2D eigenvalue weighted by Gasteiger charge is 2.23. The van der Waals surface area contributed by atoms with Gasteiger partial charge in [0, 0.05) is 12.6 Å². The Morgan fingerprint density at radius 1 is 1.00 bits per heavy atom. The molecule has 0 aliphatic heterocycles. The van der Waals surface area contributed by atoms with Crippen LogP contribution in [-0.2, 0) is 10.0 Å². The van der Waals surface area contributed by atoms with Crippen molar-refractivity contribution in [1.82, 2.24) is 5.32 Å². The van der Waals surface area contributed by atoms with E-state index in [9.17, 15) is 13.2 Å². The highest BCUT2D eigenvalue weighted by Crippen LogP contribution is 2.25. The maximum atomic E-state index is 13.1. The number of anilines is 1. The molecule has 0 fully saturated rings. The van der Waals surface area contributed by atoms with E-state index in [4.69, 9.17) is 4.74 Å². The minimum Gasteiger partial charge on any atom is -0.497 e. The number of ether oxygens (including phenoxy) is 1. The summed E-state index contributed by atoms with van der Waals surface area (Å²) < 4.78 is 32.5. The number of nitrogens with zero attached hydrogens (tertiary/aromatic N) is 1. The molecule has 3 rings (SSSR count). The van der Waals surface area contributed by atoms with Crippen LogP contribution < -0.4 is 14.4 Å². The molecule has 31 heavy (non-hydrogen) atoms. The van der Waals surface area contributed by atoms with Gasteiger partial charge in [-0.05, 0) is 67.4 Å². The average molecular weight is 439 g/mol. The van der Waals surface area contributed by atoms with E-state index in [-0.39, 0.29) is 22.4 Å². The molecule has 7 heteroatoms. The van der Waals surface area contributed by atoms with Crippen molar-refractivity contribution < 1.29 is 17.9 Å². The predicted octanol–water partition coefficient (Wildman–Crippen LogP) is 4.32. The Kier molecular flexibility index (Phi) is 6.65. The van der Waals surface area contributed by atoms with Gasteiger partial charge in [-0.1, -0.05) is 30.3 Å². The number of carbonyl (C=O) groups is 1. The van der Waals surface area contributed by atoms with Gasteiger partial charge in [0.25, 0.3) is 15.9 Å². The van der Waals surface area contributed by atoms with Crippen molar-refractivity contribution in [1.29, 1.82) is 0 Å². The first-order valence-corrected chi connectivity index (χ1v) is 11.3. The molecule has 1 atom stereocenters. The Balaban J connectivity index is 1.82. The Morgan fingerprint density at radius 2 is 1.68 bits per heavy atom. The van der Waals surface area contributed by atoms with Crippen LogP contribution in [0.25, 0.3) is 0 Å². The fourth-order valence-electron chi connectivity index (χ4n) is 3.32. The van der Waals surface area contributed by atoms with Crippen LogP contribution in [0.2, 0.25) is 0 Å². The number of carbonyl (C=O) groups excluding carboxylic acids is 1. The Bertz CT molecular complexity index is 1170. The van der Waals surface area contributed by atoms with E-state index < -0.39 is 10.0 Å². The molecule has 0 aliphatic rings. The van der Waals surface area contributed by atoms with E-state index >= 15 is 0 Å². The lowest BCUT2D eigenvalue weighted by atomic mass is 10.0. The molecule has 1 N–H and O–H groups in total. The molecule has 0 heterocycles. The number of nitrogens with one attached hydrogen (secondary N) is 1. The standard InChI is InChI=1S/C24H26N2O4S/c1-17-8-5-6-11-23(17)18(2)25-24(27)19-9-7-10-22(16-19)31(28,29)26(3)20-12-14-21(30-4)15-13-20/h5-16,18H,1-4H3,(H,25,27).